The largest absolute Gasteiger partial charge is 0.317 e. The van der Waals surface area contributed by atoms with E-state index in [2.05, 4.69) is 5.32 Å². The molecule has 0 bridgehead atoms. The smallest absolute Gasteiger partial charge is 0.214 e. The van der Waals surface area contributed by atoms with Crippen LogP contribution in [0.4, 0.5) is 0 Å². The van der Waals surface area contributed by atoms with Crippen LogP contribution in [-0.4, -0.2) is 45.2 Å². The van der Waals surface area contributed by atoms with E-state index < -0.39 is 10.0 Å². The van der Waals surface area contributed by atoms with Gasteiger partial charge in [0.05, 0.1) is 5.75 Å². The second kappa shape index (κ2) is 5.67. The third-order valence-electron chi connectivity index (χ3n) is 3.06. The lowest BCUT2D eigenvalue weighted by Gasteiger charge is -2.29. The van der Waals surface area contributed by atoms with E-state index in [0.717, 1.165) is 25.9 Å². The van der Waals surface area contributed by atoms with E-state index in [1.54, 1.807) is 11.4 Å². The molecule has 0 aromatic heterocycles. The van der Waals surface area contributed by atoms with E-state index in [9.17, 15) is 8.42 Å². The first-order valence-electron chi connectivity index (χ1n) is 6.35. The summed E-state index contributed by atoms with van der Waals surface area (Å²) >= 11 is 0. The van der Waals surface area contributed by atoms with Gasteiger partial charge in [0.2, 0.25) is 10.0 Å². The fraction of sp³-hybridized carbons (Fsp3) is 1.00. The number of hydrogen-bond acceptors (Lipinski definition) is 3. The maximum Gasteiger partial charge on any atom is 0.214 e. The molecule has 5 heteroatoms. The molecule has 1 heterocycles. The van der Waals surface area contributed by atoms with Crippen molar-refractivity contribution in [2.75, 3.05) is 32.4 Å². The molecule has 0 aromatic carbocycles. The molecule has 0 radical (unpaired) electrons. The van der Waals surface area contributed by atoms with Crippen LogP contribution in [0.3, 0.4) is 0 Å². The summed E-state index contributed by atoms with van der Waals surface area (Å²) in [5, 5.41) is 3.30. The lowest BCUT2D eigenvalue weighted by Crippen LogP contribution is -2.40. The molecule has 0 aliphatic carbocycles. The number of nitrogens with one attached hydrogen (secondary N) is 1. The molecule has 0 saturated carbocycles. The summed E-state index contributed by atoms with van der Waals surface area (Å²) in [6.07, 6.45) is 2.16. The van der Waals surface area contributed by atoms with Gasteiger partial charge in [-0.05, 0) is 37.3 Å². The van der Waals surface area contributed by atoms with Crippen LogP contribution in [-0.2, 0) is 10.0 Å². The van der Waals surface area contributed by atoms with Crippen LogP contribution in [0.25, 0.3) is 0 Å². The number of rotatable bonds is 4. The van der Waals surface area contributed by atoms with Gasteiger partial charge in [0.15, 0.2) is 0 Å². The minimum atomic E-state index is -3.10. The van der Waals surface area contributed by atoms with Crippen molar-refractivity contribution < 1.29 is 8.42 Å². The van der Waals surface area contributed by atoms with Crippen molar-refractivity contribution in [1.29, 1.82) is 0 Å². The maximum absolute atomic E-state index is 12.1. The highest BCUT2D eigenvalue weighted by molar-refractivity contribution is 7.89. The normalized spacial score (nSPS) is 19.8. The van der Waals surface area contributed by atoms with Gasteiger partial charge >= 0.3 is 0 Å². The first-order chi connectivity index (χ1) is 7.71. The molecule has 1 aliphatic rings. The quantitative estimate of drug-likeness (QED) is 0.830. The summed E-state index contributed by atoms with van der Waals surface area (Å²) in [7, 11) is -1.39. The van der Waals surface area contributed by atoms with Crippen molar-refractivity contribution in [3.8, 4) is 0 Å². The van der Waals surface area contributed by atoms with Crippen LogP contribution >= 0.6 is 0 Å². The third-order valence-corrected chi connectivity index (χ3v) is 5.39. The average Bonchev–Trinajstić information content (AvgIpc) is 2.15. The van der Waals surface area contributed by atoms with E-state index in [4.69, 9.17) is 0 Å². The summed E-state index contributed by atoms with van der Waals surface area (Å²) in [4.78, 5) is 0. The number of sulfonamides is 1. The van der Waals surface area contributed by atoms with Crippen LogP contribution in [0.2, 0.25) is 0 Å². The Hall–Kier alpha value is -0.130. The van der Waals surface area contributed by atoms with Crippen molar-refractivity contribution >= 4 is 10.0 Å². The highest BCUT2D eigenvalue weighted by Gasteiger charge is 2.27. The second-order valence-electron chi connectivity index (χ2n) is 6.29. The Labute approximate surface area is 106 Å². The Morgan fingerprint density at radius 3 is 2.24 bits per heavy atom. The molecule has 1 rings (SSSR count). The Morgan fingerprint density at radius 2 is 1.76 bits per heavy atom. The zero-order valence-corrected chi connectivity index (χ0v) is 12.3. The minimum Gasteiger partial charge on any atom is -0.317 e. The summed E-state index contributed by atoms with van der Waals surface area (Å²) in [6, 6.07) is 0. The second-order valence-corrected chi connectivity index (χ2v) is 8.37. The van der Waals surface area contributed by atoms with Crippen molar-refractivity contribution in [2.24, 2.45) is 11.3 Å². The minimum absolute atomic E-state index is 0.179. The molecule has 0 amide bonds. The Balaban J connectivity index is 2.53. The predicted octanol–water partition coefficient (Wildman–Crippen LogP) is 1.29. The molecule has 1 aliphatic heterocycles. The highest BCUT2D eigenvalue weighted by atomic mass is 32.2. The molecule has 1 N–H and O–H groups in total. The summed E-state index contributed by atoms with van der Waals surface area (Å²) < 4.78 is 25.8. The molecule has 102 valence electrons. The number of piperidine rings is 1. The molecule has 0 atom stereocenters. The van der Waals surface area contributed by atoms with Crippen LogP contribution < -0.4 is 5.32 Å². The zero-order valence-electron chi connectivity index (χ0n) is 11.5. The van der Waals surface area contributed by atoms with E-state index in [0.29, 0.717) is 12.5 Å². The van der Waals surface area contributed by atoms with Crippen LogP contribution in [0, 0.1) is 11.3 Å². The molecule has 0 spiro atoms. The van der Waals surface area contributed by atoms with E-state index in [-0.39, 0.29) is 11.2 Å². The first kappa shape index (κ1) is 14.9. The lowest BCUT2D eigenvalue weighted by molar-refractivity contribution is 0.308. The van der Waals surface area contributed by atoms with Gasteiger partial charge in [-0.1, -0.05) is 20.8 Å². The van der Waals surface area contributed by atoms with Crippen LogP contribution in [0.5, 0.6) is 0 Å². The van der Waals surface area contributed by atoms with Crippen LogP contribution in [0.1, 0.15) is 33.6 Å². The van der Waals surface area contributed by atoms with Crippen molar-refractivity contribution in [1.82, 2.24) is 9.62 Å². The topological polar surface area (TPSA) is 49.4 Å². The van der Waals surface area contributed by atoms with E-state index >= 15 is 0 Å². The van der Waals surface area contributed by atoms with Gasteiger partial charge in [-0.2, -0.15) is 0 Å². The van der Waals surface area contributed by atoms with Gasteiger partial charge in [-0.15, -0.1) is 0 Å². The molecule has 0 unspecified atom stereocenters. The van der Waals surface area contributed by atoms with E-state index in [1.807, 2.05) is 20.8 Å². The van der Waals surface area contributed by atoms with Crippen LogP contribution in [0.15, 0.2) is 0 Å². The molecule has 0 aromatic rings. The molecule has 1 saturated heterocycles. The summed E-state index contributed by atoms with van der Waals surface area (Å²) in [5.41, 5.74) is -0.179. The van der Waals surface area contributed by atoms with Gasteiger partial charge in [-0.3, -0.25) is 0 Å². The lowest BCUT2D eigenvalue weighted by atomic mass is 9.98. The fourth-order valence-electron chi connectivity index (χ4n) is 2.20. The SMILES string of the molecule is CN(CC1CCNCC1)S(=O)(=O)CC(C)(C)C. The highest BCUT2D eigenvalue weighted by Crippen LogP contribution is 2.20. The summed E-state index contributed by atoms with van der Waals surface area (Å²) in [6.45, 7) is 8.57. The monoisotopic (exact) mass is 262 g/mol. The summed E-state index contributed by atoms with van der Waals surface area (Å²) in [5.74, 6) is 0.734. The predicted molar refractivity (Wildman–Crippen MR) is 71.5 cm³/mol. The Morgan fingerprint density at radius 1 is 1.24 bits per heavy atom. The fourth-order valence-corrected chi connectivity index (χ4v) is 3.95. The average molecular weight is 262 g/mol. The first-order valence-corrected chi connectivity index (χ1v) is 7.96. The van der Waals surface area contributed by atoms with Gasteiger partial charge in [0, 0.05) is 13.6 Å². The maximum atomic E-state index is 12.1. The standard InChI is InChI=1S/C12H26N2O2S/c1-12(2,3)10-17(15,16)14(4)9-11-5-7-13-8-6-11/h11,13H,5-10H2,1-4H3. The molecular weight excluding hydrogens is 236 g/mol. The third kappa shape index (κ3) is 5.36. The van der Waals surface area contributed by atoms with E-state index in [1.165, 1.54) is 0 Å². The number of nitrogens with zero attached hydrogens (tertiary/aromatic N) is 1. The molecule has 17 heavy (non-hydrogen) atoms. The molecule has 1 fully saturated rings. The molecular formula is C12H26N2O2S. The van der Waals surface area contributed by atoms with Gasteiger partial charge in [0.1, 0.15) is 0 Å². The number of hydrogen-bond donors (Lipinski definition) is 1. The van der Waals surface area contributed by atoms with Crippen molar-refractivity contribution in [3.05, 3.63) is 0 Å². The van der Waals surface area contributed by atoms with Gasteiger partial charge < -0.3 is 5.32 Å². The zero-order chi connectivity index (χ0) is 13.1. The van der Waals surface area contributed by atoms with Gasteiger partial charge in [-0.25, -0.2) is 12.7 Å². The Bertz CT molecular complexity index is 327. The van der Waals surface area contributed by atoms with Gasteiger partial charge in [0.25, 0.3) is 0 Å². The van der Waals surface area contributed by atoms with Crippen molar-refractivity contribution in [2.45, 2.75) is 33.6 Å². The van der Waals surface area contributed by atoms with Crippen molar-refractivity contribution in [3.63, 3.8) is 0 Å². The Kier molecular flexibility index (Phi) is 4.98. The molecule has 4 nitrogen and oxygen atoms in total.